The van der Waals surface area contributed by atoms with Gasteiger partial charge in [-0.25, -0.2) is 0 Å². The number of halogens is 9. The summed E-state index contributed by atoms with van der Waals surface area (Å²) in [5.74, 6) is -4.00. The highest BCUT2D eigenvalue weighted by Crippen LogP contribution is 2.43. The number of piperazine rings is 1. The first-order valence-electron chi connectivity index (χ1n) is 7.13. The van der Waals surface area contributed by atoms with Gasteiger partial charge in [0.05, 0.1) is 11.6 Å². The van der Waals surface area contributed by atoms with Crippen molar-refractivity contribution in [3.63, 3.8) is 0 Å². The van der Waals surface area contributed by atoms with Gasteiger partial charge in [0.15, 0.2) is 0 Å². The number of nitrogens with one attached hydrogen (secondary N) is 2. The summed E-state index contributed by atoms with van der Waals surface area (Å²) in [5, 5.41) is 5.35. The van der Waals surface area contributed by atoms with Gasteiger partial charge >= 0.3 is 19.1 Å². The molecule has 2 N–H and O–H groups in total. The van der Waals surface area contributed by atoms with Crippen molar-refractivity contribution in [1.29, 1.82) is 0 Å². The van der Waals surface area contributed by atoms with Gasteiger partial charge in [-0.1, -0.05) is 0 Å². The minimum absolute atomic E-state index is 0.123. The average Bonchev–Trinajstić information content (AvgIpc) is 2.42. The third-order valence-corrected chi connectivity index (χ3v) is 3.15. The molecule has 0 saturated carbocycles. The first-order chi connectivity index (χ1) is 12.2. The maximum Gasteiger partial charge on any atom is 0.573 e. The molecule has 1 aromatic carbocycles. The highest BCUT2D eigenvalue weighted by atomic mass is 19.4. The molecule has 154 valence electrons. The van der Waals surface area contributed by atoms with Gasteiger partial charge in [-0.3, -0.25) is 0 Å². The van der Waals surface area contributed by atoms with E-state index in [-0.39, 0.29) is 25.2 Å². The predicted octanol–water partition coefficient (Wildman–Crippen LogP) is 3.62. The molecular weight excluding hydrogens is 403 g/mol. The van der Waals surface area contributed by atoms with Crippen LogP contribution in [0, 0.1) is 0 Å². The van der Waals surface area contributed by atoms with Crippen molar-refractivity contribution in [2.75, 3.05) is 19.6 Å². The summed E-state index contributed by atoms with van der Waals surface area (Å²) in [6.45, 7) is 0.418. The Balaban J connectivity index is 2.59. The number of hydrogen-bond acceptors (Lipinski definition) is 5. The molecule has 2 rings (SSSR count). The van der Waals surface area contributed by atoms with Crippen LogP contribution in [0.4, 0.5) is 39.5 Å². The first kappa shape index (κ1) is 21.2. The lowest BCUT2D eigenvalue weighted by Gasteiger charge is -2.29. The Labute approximate surface area is 145 Å². The Morgan fingerprint density at radius 1 is 0.741 bits per heavy atom. The van der Waals surface area contributed by atoms with Crippen LogP contribution in [0.3, 0.4) is 0 Å². The molecule has 1 atom stereocenters. The van der Waals surface area contributed by atoms with E-state index in [1.807, 2.05) is 0 Å². The number of benzene rings is 1. The van der Waals surface area contributed by atoms with E-state index >= 15 is 0 Å². The quantitative estimate of drug-likeness (QED) is 0.738. The Kier molecular flexibility index (Phi) is 5.89. The van der Waals surface area contributed by atoms with Crippen LogP contribution in [0.25, 0.3) is 0 Å². The predicted molar refractivity (Wildman–Crippen MR) is 70.1 cm³/mol. The monoisotopic (exact) mass is 414 g/mol. The average molecular weight is 414 g/mol. The van der Waals surface area contributed by atoms with Gasteiger partial charge < -0.3 is 24.8 Å². The second-order valence-corrected chi connectivity index (χ2v) is 5.19. The lowest BCUT2D eigenvalue weighted by molar-refractivity contribution is -0.278. The minimum atomic E-state index is -5.39. The van der Waals surface area contributed by atoms with Crippen molar-refractivity contribution in [2.24, 2.45) is 0 Å². The zero-order valence-electron chi connectivity index (χ0n) is 13.0. The normalized spacial score (nSPS) is 18.9. The number of ether oxygens (including phenoxy) is 3. The number of hydrogen-bond donors (Lipinski definition) is 2. The summed E-state index contributed by atoms with van der Waals surface area (Å²) in [4.78, 5) is 0. The molecule has 0 aliphatic carbocycles. The van der Waals surface area contributed by atoms with Crippen LogP contribution in [0.5, 0.6) is 17.2 Å². The molecule has 1 aromatic rings. The lowest BCUT2D eigenvalue weighted by atomic mass is 10.0. The Hall–Kier alpha value is -2.09. The first-order valence-corrected chi connectivity index (χ1v) is 7.13. The van der Waals surface area contributed by atoms with Crippen LogP contribution in [-0.2, 0) is 0 Å². The van der Waals surface area contributed by atoms with Crippen molar-refractivity contribution in [2.45, 2.75) is 25.1 Å². The van der Waals surface area contributed by atoms with Crippen molar-refractivity contribution < 1.29 is 53.7 Å². The number of rotatable bonds is 4. The molecule has 1 unspecified atom stereocenters. The van der Waals surface area contributed by atoms with Crippen molar-refractivity contribution in [3.05, 3.63) is 17.7 Å². The van der Waals surface area contributed by atoms with E-state index in [4.69, 9.17) is 0 Å². The molecule has 0 radical (unpaired) electrons. The molecule has 0 amide bonds. The molecule has 0 bridgehead atoms. The fraction of sp³-hybridized carbons (Fsp3) is 0.538. The zero-order chi connectivity index (χ0) is 20.5. The molecule has 1 heterocycles. The fourth-order valence-corrected chi connectivity index (χ4v) is 2.39. The van der Waals surface area contributed by atoms with Gasteiger partial charge in [0.1, 0.15) is 17.2 Å². The van der Waals surface area contributed by atoms with Gasteiger partial charge in [-0.2, -0.15) is 0 Å². The summed E-state index contributed by atoms with van der Waals surface area (Å²) < 4.78 is 124. The minimum Gasteiger partial charge on any atom is -0.406 e. The Morgan fingerprint density at radius 2 is 1.22 bits per heavy atom. The second-order valence-electron chi connectivity index (χ2n) is 5.19. The third-order valence-electron chi connectivity index (χ3n) is 3.15. The van der Waals surface area contributed by atoms with E-state index in [0.717, 1.165) is 0 Å². The summed E-state index contributed by atoms with van der Waals surface area (Å²) in [5.41, 5.74) is -0.758. The SMILES string of the molecule is FC(F)(F)Oc1cc(OC(F)(F)F)c(C2CNCCN2)c(OC(F)(F)F)c1. The molecule has 1 aliphatic rings. The lowest BCUT2D eigenvalue weighted by Crippen LogP contribution is -2.43. The highest BCUT2D eigenvalue weighted by molar-refractivity contribution is 5.53. The van der Waals surface area contributed by atoms with Gasteiger partial charge in [-0.05, 0) is 0 Å². The largest absolute Gasteiger partial charge is 0.573 e. The topological polar surface area (TPSA) is 51.8 Å². The van der Waals surface area contributed by atoms with Gasteiger partial charge in [0.25, 0.3) is 0 Å². The van der Waals surface area contributed by atoms with Crippen LogP contribution >= 0.6 is 0 Å². The molecule has 14 heteroatoms. The molecule has 1 saturated heterocycles. The molecule has 1 fully saturated rings. The smallest absolute Gasteiger partial charge is 0.406 e. The molecule has 1 aliphatic heterocycles. The Bertz CT molecular complexity index is 615. The zero-order valence-corrected chi connectivity index (χ0v) is 13.0. The van der Waals surface area contributed by atoms with Gasteiger partial charge in [0, 0.05) is 31.8 Å². The van der Waals surface area contributed by atoms with Gasteiger partial charge in [-0.15, -0.1) is 39.5 Å². The van der Waals surface area contributed by atoms with E-state index in [0.29, 0.717) is 6.54 Å². The highest BCUT2D eigenvalue weighted by Gasteiger charge is 2.39. The summed E-state index contributed by atoms with van der Waals surface area (Å²) in [7, 11) is 0. The van der Waals surface area contributed by atoms with E-state index in [1.54, 1.807) is 0 Å². The molecule has 0 spiro atoms. The van der Waals surface area contributed by atoms with Crippen molar-refractivity contribution in [1.82, 2.24) is 10.6 Å². The Morgan fingerprint density at radius 3 is 1.59 bits per heavy atom. The second kappa shape index (κ2) is 7.50. The summed E-state index contributed by atoms with van der Waals surface area (Å²) in [6.07, 6.45) is -16.1. The van der Waals surface area contributed by atoms with Crippen LogP contribution < -0.4 is 24.8 Å². The van der Waals surface area contributed by atoms with E-state index in [9.17, 15) is 39.5 Å². The van der Waals surface area contributed by atoms with Crippen LogP contribution in [0.15, 0.2) is 12.1 Å². The van der Waals surface area contributed by atoms with E-state index < -0.39 is 47.9 Å². The standard InChI is InChI=1S/C13H11F9N2O3/c14-11(15,16)25-6-3-8(26-12(17,18)19)10(7-5-23-1-2-24-7)9(4-6)27-13(20,21)22/h3-4,7,23-24H,1-2,5H2. The number of alkyl halides is 9. The van der Waals surface area contributed by atoms with Crippen molar-refractivity contribution in [3.8, 4) is 17.2 Å². The summed E-state index contributed by atoms with van der Waals surface area (Å²) in [6, 6.07) is -0.778. The summed E-state index contributed by atoms with van der Waals surface area (Å²) >= 11 is 0. The van der Waals surface area contributed by atoms with E-state index in [1.165, 1.54) is 0 Å². The maximum absolute atomic E-state index is 12.6. The van der Waals surface area contributed by atoms with Crippen LogP contribution in [0.2, 0.25) is 0 Å². The molecular formula is C13H11F9N2O3. The van der Waals surface area contributed by atoms with Crippen LogP contribution in [-0.4, -0.2) is 38.7 Å². The van der Waals surface area contributed by atoms with Gasteiger partial charge in [0.2, 0.25) is 0 Å². The molecule has 0 aromatic heterocycles. The molecule has 5 nitrogen and oxygen atoms in total. The van der Waals surface area contributed by atoms with E-state index in [2.05, 4.69) is 24.8 Å². The fourth-order valence-electron chi connectivity index (χ4n) is 2.39. The van der Waals surface area contributed by atoms with Crippen LogP contribution in [0.1, 0.15) is 11.6 Å². The van der Waals surface area contributed by atoms with Crippen molar-refractivity contribution >= 4 is 0 Å². The maximum atomic E-state index is 12.6. The molecule has 27 heavy (non-hydrogen) atoms. The third kappa shape index (κ3) is 6.86.